The van der Waals surface area contributed by atoms with Crippen molar-refractivity contribution in [2.45, 2.75) is 6.54 Å². The molecule has 0 saturated carbocycles. The second-order valence-electron chi connectivity index (χ2n) is 2.86. The molecule has 0 amide bonds. The van der Waals surface area contributed by atoms with Crippen molar-refractivity contribution in [2.75, 3.05) is 14.1 Å². The lowest BCUT2D eigenvalue weighted by Gasteiger charge is -2.08. The van der Waals surface area contributed by atoms with Crippen molar-refractivity contribution in [3.05, 3.63) is 34.9 Å². The number of hydrogen-bond acceptors (Lipinski definition) is 1. The standard InChI is InChI=1S/C9H12ClN.ClH/c1-11(2)7-8-3-5-9(10)6-4-8;/h3-6H,7H2,1-2H3;1H. The van der Waals surface area contributed by atoms with Crippen molar-refractivity contribution in [3.8, 4) is 0 Å². The molecule has 0 unspecified atom stereocenters. The molecule has 68 valence electrons. The van der Waals surface area contributed by atoms with Crippen LogP contribution in [-0.2, 0) is 6.54 Å². The quantitative estimate of drug-likeness (QED) is 0.719. The molecule has 0 heterocycles. The van der Waals surface area contributed by atoms with E-state index in [4.69, 9.17) is 11.6 Å². The molecule has 0 aromatic heterocycles. The number of nitrogens with zero attached hydrogens (tertiary/aromatic N) is 1. The maximum atomic E-state index is 5.73. The highest BCUT2D eigenvalue weighted by Gasteiger charge is 1.93. The van der Waals surface area contributed by atoms with Gasteiger partial charge in [-0.05, 0) is 31.8 Å². The lowest BCUT2D eigenvalue weighted by molar-refractivity contribution is 0.402. The first-order valence-corrected chi connectivity index (χ1v) is 3.95. The third-order valence-electron chi connectivity index (χ3n) is 1.41. The van der Waals surface area contributed by atoms with Crippen LogP contribution in [-0.4, -0.2) is 19.0 Å². The van der Waals surface area contributed by atoms with E-state index in [1.807, 2.05) is 24.3 Å². The van der Waals surface area contributed by atoms with Crippen molar-refractivity contribution < 1.29 is 0 Å². The third kappa shape index (κ3) is 3.96. The van der Waals surface area contributed by atoms with Gasteiger partial charge in [0.1, 0.15) is 0 Å². The van der Waals surface area contributed by atoms with Gasteiger partial charge >= 0.3 is 0 Å². The second-order valence-corrected chi connectivity index (χ2v) is 3.30. The smallest absolute Gasteiger partial charge is 0.0406 e. The molecular weight excluding hydrogens is 193 g/mol. The fraction of sp³-hybridized carbons (Fsp3) is 0.333. The molecule has 0 aliphatic rings. The summed E-state index contributed by atoms with van der Waals surface area (Å²) < 4.78 is 0. The van der Waals surface area contributed by atoms with E-state index in [1.165, 1.54) is 5.56 Å². The highest BCUT2D eigenvalue weighted by Crippen LogP contribution is 2.09. The van der Waals surface area contributed by atoms with Crippen LogP contribution in [0.5, 0.6) is 0 Å². The molecule has 0 fully saturated rings. The normalized spacial score (nSPS) is 9.67. The first kappa shape index (κ1) is 11.8. The Morgan fingerprint density at radius 3 is 2.08 bits per heavy atom. The highest BCUT2D eigenvalue weighted by atomic mass is 35.5. The highest BCUT2D eigenvalue weighted by molar-refractivity contribution is 6.30. The lowest BCUT2D eigenvalue weighted by Crippen LogP contribution is -2.10. The van der Waals surface area contributed by atoms with Gasteiger partial charge in [0, 0.05) is 11.6 Å². The topological polar surface area (TPSA) is 3.24 Å². The van der Waals surface area contributed by atoms with E-state index in [2.05, 4.69) is 19.0 Å². The summed E-state index contributed by atoms with van der Waals surface area (Å²) in [4.78, 5) is 2.13. The van der Waals surface area contributed by atoms with Crippen LogP contribution in [0.15, 0.2) is 24.3 Å². The van der Waals surface area contributed by atoms with Crippen LogP contribution in [0.25, 0.3) is 0 Å². The Hall–Kier alpha value is -0.240. The molecule has 1 rings (SSSR count). The molecule has 1 aromatic carbocycles. The minimum atomic E-state index is 0. The van der Waals surface area contributed by atoms with Crippen LogP contribution in [0, 0.1) is 0 Å². The van der Waals surface area contributed by atoms with Crippen molar-refractivity contribution in [1.82, 2.24) is 4.90 Å². The summed E-state index contributed by atoms with van der Waals surface area (Å²) in [7, 11) is 4.10. The van der Waals surface area contributed by atoms with Gasteiger partial charge in [0.25, 0.3) is 0 Å². The van der Waals surface area contributed by atoms with Crippen molar-refractivity contribution in [2.24, 2.45) is 0 Å². The van der Waals surface area contributed by atoms with E-state index >= 15 is 0 Å². The number of rotatable bonds is 2. The molecule has 0 saturated heterocycles. The van der Waals surface area contributed by atoms with Gasteiger partial charge in [-0.3, -0.25) is 0 Å². The monoisotopic (exact) mass is 205 g/mol. The van der Waals surface area contributed by atoms with Crippen molar-refractivity contribution in [3.63, 3.8) is 0 Å². The number of hydrogen-bond donors (Lipinski definition) is 0. The van der Waals surface area contributed by atoms with Crippen LogP contribution in [0.2, 0.25) is 5.02 Å². The molecule has 0 bridgehead atoms. The molecule has 0 N–H and O–H groups in total. The second kappa shape index (κ2) is 5.41. The van der Waals surface area contributed by atoms with Gasteiger partial charge in [0.2, 0.25) is 0 Å². The number of halogens is 2. The average Bonchev–Trinajstić information content (AvgIpc) is 1.93. The Balaban J connectivity index is 0.00000121. The predicted octanol–water partition coefficient (Wildman–Crippen LogP) is 2.82. The van der Waals surface area contributed by atoms with Gasteiger partial charge in [0.05, 0.1) is 0 Å². The van der Waals surface area contributed by atoms with E-state index < -0.39 is 0 Å². The minimum Gasteiger partial charge on any atom is -0.305 e. The van der Waals surface area contributed by atoms with Crippen LogP contribution in [0.4, 0.5) is 0 Å². The fourth-order valence-electron chi connectivity index (χ4n) is 0.955. The summed E-state index contributed by atoms with van der Waals surface area (Å²) in [5.74, 6) is 0. The summed E-state index contributed by atoms with van der Waals surface area (Å²) in [6.45, 7) is 0.969. The Labute approximate surface area is 84.7 Å². The number of benzene rings is 1. The first-order valence-electron chi connectivity index (χ1n) is 3.57. The van der Waals surface area contributed by atoms with Crippen LogP contribution < -0.4 is 0 Å². The zero-order valence-corrected chi connectivity index (χ0v) is 8.82. The molecule has 0 spiro atoms. The Kier molecular flexibility index (Phi) is 5.31. The molecule has 0 radical (unpaired) electrons. The van der Waals surface area contributed by atoms with E-state index in [1.54, 1.807) is 0 Å². The summed E-state index contributed by atoms with van der Waals surface area (Å²) in [5.41, 5.74) is 1.29. The Bertz CT molecular complexity index is 218. The minimum absolute atomic E-state index is 0. The van der Waals surface area contributed by atoms with Gasteiger partial charge < -0.3 is 4.90 Å². The van der Waals surface area contributed by atoms with Crippen LogP contribution in [0.3, 0.4) is 0 Å². The molecule has 0 aliphatic carbocycles. The zero-order valence-electron chi connectivity index (χ0n) is 7.25. The largest absolute Gasteiger partial charge is 0.305 e. The molecular formula is C9H13Cl2N. The molecule has 0 aliphatic heterocycles. The maximum Gasteiger partial charge on any atom is 0.0406 e. The summed E-state index contributed by atoms with van der Waals surface area (Å²) in [5, 5.41) is 0.799. The average molecular weight is 206 g/mol. The van der Waals surface area contributed by atoms with Gasteiger partial charge in [-0.2, -0.15) is 0 Å². The van der Waals surface area contributed by atoms with E-state index in [0.717, 1.165) is 11.6 Å². The predicted molar refractivity (Wildman–Crippen MR) is 56.1 cm³/mol. The molecule has 1 nitrogen and oxygen atoms in total. The van der Waals surface area contributed by atoms with Crippen molar-refractivity contribution in [1.29, 1.82) is 0 Å². The van der Waals surface area contributed by atoms with E-state index in [9.17, 15) is 0 Å². The van der Waals surface area contributed by atoms with Crippen LogP contribution in [0.1, 0.15) is 5.56 Å². The SMILES string of the molecule is CN(C)Cc1ccc(Cl)cc1.Cl. The van der Waals surface area contributed by atoms with Gasteiger partial charge in [0.15, 0.2) is 0 Å². The molecule has 3 heteroatoms. The first-order chi connectivity index (χ1) is 5.18. The molecule has 0 atom stereocenters. The van der Waals surface area contributed by atoms with Gasteiger partial charge in [-0.25, -0.2) is 0 Å². The molecule has 12 heavy (non-hydrogen) atoms. The van der Waals surface area contributed by atoms with E-state index in [-0.39, 0.29) is 12.4 Å². The van der Waals surface area contributed by atoms with Crippen molar-refractivity contribution >= 4 is 24.0 Å². The van der Waals surface area contributed by atoms with Gasteiger partial charge in [-0.15, -0.1) is 12.4 Å². The third-order valence-corrected chi connectivity index (χ3v) is 1.66. The summed E-state index contributed by atoms with van der Waals surface area (Å²) in [6.07, 6.45) is 0. The maximum absolute atomic E-state index is 5.73. The van der Waals surface area contributed by atoms with E-state index in [0.29, 0.717) is 0 Å². The molecule has 1 aromatic rings. The summed E-state index contributed by atoms with van der Waals surface area (Å²) in [6, 6.07) is 7.92. The van der Waals surface area contributed by atoms with Crippen LogP contribution >= 0.6 is 24.0 Å². The summed E-state index contributed by atoms with van der Waals surface area (Å²) >= 11 is 5.73. The zero-order chi connectivity index (χ0) is 8.27. The Morgan fingerprint density at radius 2 is 1.67 bits per heavy atom. The lowest BCUT2D eigenvalue weighted by atomic mass is 10.2. The fourth-order valence-corrected chi connectivity index (χ4v) is 1.08. The van der Waals surface area contributed by atoms with Gasteiger partial charge in [-0.1, -0.05) is 23.7 Å². The Morgan fingerprint density at radius 1 is 1.17 bits per heavy atom.